The smallest absolute Gasteiger partial charge is 0.330 e. The number of nitrogens with one attached hydrogen (secondary N) is 1. The monoisotopic (exact) mass is 370 g/mol. The standard InChI is InChI=1S/C17H18N6O4/c1-10-8-22(17(26)18-16(10)25)14-7-12(13(9-24)27-14)23-20-15(19-21-23)11-5-3-2-4-6-11/h2-6,8,12-14,24H,7,9H2,1H3,(H,18,25,26). The predicted molar refractivity (Wildman–Crippen MR) is 94.0 cm³/mol. The number of hydrogen-bond donors (Lipinski definition) is 2. The van der Waals surface area contributed by atoms with E-state index in [9.17, 15) is 14.7 Å². The van der Waals surface area contributed by atoms with Gasteiger partial charge in [0.1, 0.15) is 18.4 Å². The molecule has 4 rings (SSSR count). The lowest BCUT2D eigenvalue weighted by molar-refractivity contribution is -0.0332. The molecule has 3 unspecified atom stereocenters. The van der Waals surface area contributed by atoms with Gasteiger partial charge in [0.05, 0.1) is 6.61 Å². The summed E-state index contributed by atoms with van der Waals surface area (Å²) in [5, 5.41) is 22.3. The Morgan fingerprint density at radius 2 is 2.07 bits per heavy atom. The summed E-state index contributed by atoms with van der Waals surface area (Å²) in [7, 11) is 0. The van der Waals surface area contributed by atoms with Gasteiger partial charge in [0.2, 0.25) is 5.82 Å². The van der Waals surface area contributed by atoms with Crippen LogP contribution in [0.2, 0.25) is 0 Å². The van der Waals surface area contributed by atoms with Gasteiger partial charge in [-0.05, 0) is 12.1 Å². The van der Waals surface area contributed by atoms with Crippen LogP contribution >= 0.6 is 0 Å². The molecule has 3 aromatic rings. The number of aryl methyl sites for hydroxylation is 1. The summed E-state index contributed by atoms with van der Waals surface area (Å²) in [6.07, 6.45) is 0.543. The number of aliphatic hydroxyl groups is 1. The van der Waals surface area contributed by atoms with Crippen LogP contribution in [0.3, 0.4) is 0 Å². The van der Waals surface area contributed by atoms with Gasteiger partial charge in [-0.15, -0.1) is 10.2 Å². The van der Waals surface area contributed by atoms with E-state index in [1.807, 2.05) is 30.3 Å². The van der Waals surface area contributed by atoms with Gasteiger partial charge in [0.15, 0.2) is 0 Å². The van der Waals surface area contributed by atoms with Crippen LogP contribution in [0.4, 0.5) is 0 Å². The molecule has 1 saturated heterocycles. The topological polar surface area (TPSA) is 128 Å². The summed E-state index contributed by atoms with van der Waals surface area (Å²) in [4.78, 5) is 27.4. The fourth-order valence-corrected chi connectivity index (χ4v) is 3.16. The largest absolute Gasteiger partial charge is 0.394 e. The Morgan fingerprint density at radius 1 is 1.30 bits per heavy atom. The number of hydrogen-bond acceptors (Lipinski definition) is 7. The van der Waals surface area contributed by atoms with E-state index in [1.165, 1.54) is 15.6 Å². The summed E-state index contributed by atoms with van der Waals surface area (Å²) in [5.74, 6) is 0.466. The van der Waals surface area contributed by atoms with E-state index in [1.54, 1.807) is 6.92 Å². The zero-order valence-electron chi connectivity index (χ0n) is 14.5. The van der Waals surface area contributed by atoms with Crippen LogP contribution < -0.4 is 11.2 Å². The molecule has 27 heavy (non-hydrogen) atoms. The first-order valence-electron chi connectivity index (χ1n) is 8.50. The number of benzene rings is 1. The van der Waals surface area contributed by atoms with Crippen molar-refractivity contribution in [2.75, 3.05) is 6.61 Å². The Kier molecular flexibility index (Phi) is 4.42. The molecule has 3 atom stereocenters. The Bertz CT molecular complexity index is 1060. The third-order valence-corrected chi connectivity index (χ3v) is 4.60. The molecule has 0 spiro atoms. The highest BCUT2D eigenvalue weighted by atomic mass is 16.5. The third kappa shape index (κ3) is 3.20. The second-order valence-corrected chi connectivity index (χ2v) is 6.39. The summed E-state index contributed by atoms with van der Waals surface area (Å²) in [6.45, 7) is 1.34. The van der Waals surface area contributed by atoms with E-state index >= 15 is 0 Å². The van der Waals surface area contributed by atoms with E-state index in [2.05, 4.69) is 20.4 Å². The Hall–Kier alpha value is -3.11. The van der Waals surface area contributed by atoms with E-state index in [4.69, 9.17) is 4.74 Å². The number of nitrogens with zero attached hydrogens (tertiary/aromatic N) is 5. The highest BCUT2D eigenvalue weighted by Gasteiger charge is 2.39. The van der Waals surface area contributed by atoms with Gasteiger partial charge in [-0.25, -0.2) is 4.79 Å². The second-order valence-electron chi connectivity index (χ2n) is 6.39. The first kappa shape index (κ1) is 17.3. The maximum atomic E-state index is 12.1. The van der Waals surface area contributed by atoms with Crippen molar-refractivity contribution < 1.29 is 9.84 Å². The number of aromatic amines is 1. The summed E-state index contributed by atoms with van der Waals surface area (Å²) >= 11 is 0. The molecule has 140 valence electrons. The molecule has 2 N–H and O–H groups in total. The normalized spacial score (nSPS) is 22.2. The minimum atomic E-state index is -0.652. The molecule has 10 heteroatoms. The quantitative estimate of drug-likeness (QED) is 0.662. The SMILES string of the molecule is Cc1cn(C2CC(n3nnc(-c4ccccc4)n3)C(CO)O2)c(=O)[nH]c1=O. The molecule has 0 bridgehead atoms. The van der Waals surface area contributed by atoms with Gasteiger partial charge in [-0.2, -0.15) is 4.80 Å². The first-order valence-corrected chi connectivity index (χ1v) is 8.50. The highest BCUT2D eigenvalue weighted by Crippen LogP contribution is 2.35. The first-order chi connectivity index (χ1) is 13.1. The molecule has 1 aliphatic heterocycles. The van der Waals surface area contributed by atoms with Crippen LogP contribution in [0, 0.1) is 6.92 Å². The van der Waals surface area contributed by atoms with Crippen LogP contribution in [0.25, 0.3) is 11.4 Å². The molecule has 10 nitrogen and oxygen atoms in total. The fraction of sp³-hybridized carbons (Fsp3) is 0.353. The molecule has 1 aromatic carbocycles. The number of rotatable bonds is 4. The fourth-order valence-electron chi connectivity index (χ4n) is 3.16. The number of aromatic nitrogens is 6. The van der Waals surface area contributed by atoms with E-state index in [0.717, 1.165) is 5.56 Å². The molecule has 0 aliphatic carbocycles. The lowest BCUT2D eigenvalue weighted by Crippen LogP contribution is -2.33. The van der Waals surface area contributed by atoms with Crippen LogP contribution in [0.5, 0.6) is 0 Å². The molecule has 1 fully saturated rings. The summed E-state index contributed by atoms with van der Waals surface area (Å²) in [5.41, 5.74) is 0.221. The Morgan fingerprint density at radius 3 is 2.81 bits per heavy atom. The minimum Gasteiger partial charge on any atom is -0.394 e. The number of tetrazole rings is 1. The van der Waals surface area contributed by atoms with Crippen molar-refractivity contribution in [3.05, 3.63) is 62.9 Å². The highest BCUT2D eigenvalue weighted by molar-refractivity contribution is 5.52. The van der Waals surface area contributed by atoms with Gasteiger partial charge in [-0.1, -0.05) is 30.3 Å². The van der Waals surface area contributed by atoms with Crippen molar-refractivity contribution in [1.29, 1.82) is 0 Å². The average molecular weight is 370 g/mol. The van der Waals surface area contributed by atoms with E-state index in [-0.39, 0.29) is 6.61 Å². The van der Waals surface area contributed by atoms with Crippen LogP contribution in [-0.2, 0) is 4.74 Å². The second kappa shape index (κ2) is 6.89. The zero-order valence-corrected chi connectivity index (χ0v) is 14.5. The molecular weight excluding hydrogens is 352 g/mol. The maximum absolute atomic E-state index is 12.1. The van der Waals surface area contributed by atoms with Crippen molar-refractivity contribution in [1.82, 2.24) is 29.8 Å². The predicted octanol–water partition coefficient (Wildman–Crippen LogP) is 0.0196. The summed E-state index contributed by atoms with van der Waals surface area (Å²) < 4.78 is 7.13. The van der Waals surface area contributed by atoms with Crippen molar-refractivity contribution in [3.63, 3.8) is 0 Å². The molecule has 0 amide bonds. The molecule has 3 heterocycles. The maximum Gasteiger partial charge on any atom is 0.330 e. The molecular formula is C17H18N6O4. The molecule has 1 aliphatic rings. The van der Waals surface area contributed by atoms with Crippen LogP contribution in [-0.4, -0.2) is 47.6 Å². The van der Waals surface area contributed by atoms with Crippen molar-refractivity contribution in [2.45, 2.75) is 31.7 Å². The average Bonchev–Trinajstić information content (AvgIpc) is 3.32. The number of aliphatic hydroxyl groups excluding tert-OH is 1. The molecule has 0 radical (unpaired) electrons. The van der Waals surface area contributed by atoms with Gasteiger partial charge < -0.3 is 9.84 Å². The van der Waals surface area contributed by atoms with E-state index < -0.39 is 29.6 Å². The minimum absolute atomic E-state index is 0.263. The van der Waals surface area contributed by atoms with Crippen LogP contribution in [0.15, 0.2) is 46.1 Å². The van der Waals surface area contributed by atoms with Gasteiger partial charge in [-0.3, -0.25) is 14.3 Å². The van der Waals surface area contributed by atoms with Gasteiger partial charge in [0, 0.05) is 23.7 Å². The van der Waals surface area contributed by atoms with Crippen molar-refractivity contribution in [3.8, 4) is 11.4 Å². The van der Waals surface area contributed by atoms with Crippen LogP contribution in [0.1, 0.15) is 24.3 Å². The third-order valence-electron chi connectivity index (χ3n) is 4.60. The molecule has 0 saturated carbocycles. The van der Waals surface area contributed by atoms with Gasteiger partial charge >= 0.3 is 5.69 Å². The van der Waals surface area contributed by atoms with Gasteiger partial charge in [0.25, 0.3) is 5.56 Å². The summed E-state index contributed by atoms with van der Waals surface area (Å²) in [6, 6.07) is 9.01. The zero-order chi connectivity index (χ0) is 19.0. The number of ether oxygens (including phenoxy) is 1. The lowest BCUT2D eigenvalue weighted by atomic mass is 10.1. The lowest BCUT2D eigenvalue weighted by Gasteiger charge is -2.15. The molecule has 2 aromatic heterocycles. The van der Waals surface area contributed by atoms with Crippen molar-refractivity contribution >= 4 is 0 Å². The Balaban J connectivity index is 1.63. The van der Waals surface area contributed by atoms with Crippen molar-refractivity contribution in [2.24, 2.45) is 0 Å². The van der Waals surface area contributed by atoms with E-state index in [0.29, 0.717) is 17.8 Å². The Labute approximate surface area is 153 Å². The number of H-pyrrole nitrogens is 1.